The molecule has 0 saturated carbocycles. The van der Waals surface area contributed by atoms with Gasteiger partial charge in [0.1, 0.15) is 5.75 Å². The van der Waals surface area contributed by atoms with Gasteiger partial charge < -0.3 is 15.2 Å². The van der Waals surface area contributed by atoms with Crippen molar-refractivity contribution in [3.05, 3.63) is 71.1 Å². The van der Waals surface area contributed by atoms with E-state index in [1.54, 1.807) is 23.6 Å². The van der Waals surface area contributed by atoms with Crippen LogP contribution in [-0.4, -0.2) is 23.3 Å². The Labute approximate surface area is 180 Å². The number of carbonyl (C=O) groups excluding carboxylic acids is 1. The number of anilines is 1. The SMILES string of the molecule is O=C(O)CCc1cccc(CC(=O)Nc2cc(-c3ccc(OC(F)(F)F)cc3)cs2)c1. The van der Waals surface area contributed by atoms with Crippen molar-refractivity contribution < 1.29 is 32.6 Å². The van der Waals surface area contributed by atoms with Crippen LogP contribution in [0.25, 0.3) is 11.1 Å². The van der Waals surface area contributed by atoms with E-state index < -0.39 is 12.3 Å². The average molecular weight is 449 g/mol. The third-order valence-electron chi connectivity index (χ3n) is 4.27. The van der Waals surface area contributed by atoms with Gasteiger partial charge in [0, 0.05) is 11.8 Å². The maximum absolute atomic E-state index is 12.4. The van der Waals surface area contributed by atoms with Crippen molar-refractivity contribution in [1.29, 1.82) is 0 Å². The molecular formula is C22H18F3NO4S. The van der Waals surface area contributed by atoms with Crippen molar-refractivity contribution in [2.45, 2.75) is 25.6 Å². The van der Waals surface area contributed by atoms with Gasteiger partial charge in [0.05, 0.1) is 11.4 Å². The summed E-state index contributed by atoms with van der Waals surface area (Å²) in [6, 6.07) is 14.4. The fraction of sp³-hybridized carbons (Fsp3) is 0.182. The Morgan fingerprint density at radius 3 is 2.39 bits per heavy atom. The number of aryl methyl sites for hydroxylation is 1. The zero-order valence-corrected chi connectivity index (χ0v) is 16.9. The molecule has 0 aliphatic heterocycles. The zero-order chi connectivity index (χ0) is 22.4. The quantitative estimate of drug-likeness (QED) is 0.475. The molecule has 0 aliphatic carbocycles. The van der Waals surface area contributed by atoms with Crippen LogP contribution < -0.4 is 10.1 Å². The first-order chi connectivity index (χ1) is 14.7. The standard InChI is InChI=1S/C22H18F3NO4S/c23-22(24,25)30-18-7-5-16(6-8-18)17-12-20(31-13-17)26-19(27)11-15-3-1-2-14(10-15)4-9-21(28)29/h1-3,5-8,10,12-13H,4,9,11H2,(H,26,27)(H,28,29). The third kappa shape index (κ3) is 7.14. The fourth-order valence-electron chi connectivity index (χ4n) is 2.92. The van der Waals surface area contributed by atoms with E-state index in [1.807, 2.05) is 12.1 Å². The van der Waals surface area contributed by atoms with Crippen LogP contribution in [0.4, 0.5) is 18.2 Å². The second-order valence-electron chi connectivity index (χ2n) is 6.71. The van der Waals surface area contributed by atoms with Crippen LogP contribution in [0.15, 0.2) is 60.0 Å². The van der Waals surface area contributed by atoms with Crippen molar-refractivity contribution in [3.63, 3.8) is 0 Å². The Bertz CT molecular complexity index is 1060. The Kier molecular flexibility index (Phi) is 6.96. The van der Waals surface area contributed by atoms with Gasteiger partial charge >= 0.3 is 12.3 Å². The lowest BCUT2D eigenvalue weighted by atomic mass is 10.0. The molecule has 2 aromatic carbocycles. The van der Waals surface area contributed by atoms with E-state index in [2.05, 4.69) is 10.1 Å². The summed E-state index contributed by atoms with van der Waals surface area (Å²) in [6.07, 6.45) is -4.18. The fourth-order valence-corrected chi connectivity index (χ4v) is 3.74. The van der Waals surface area contributed by atoms with E-state index in [4.69, 9.17) is 5.11 Å². The average Bonchev–Trinajstić information content (AvgIpc) is 3.14. The number of aliphatic carboxylic acids is 1. The number of rotatable bonds is 8. The van der Waals surface area contributed by atoms with Gasteiger partial charge in [0.25, 0.3) is 0 Å². The van der Waals surface area contributed by atoms with Crippen molar-refractivity contribution >= 4 is 28.2 Å². The Morgan fingerprint density at radius 2 is 1.71 bits per heavy atom. The first-order valence-electron chi connectivity index (χ1n) is 9.22. The van der Waals surface area contributed by atoms with E-state index in [9.17, 15) is 22.8 Å². The summed E-state index contributed by atoms with van der Waals surface area (Å²) in [6.45, 7) is 0. The number of hydrogen-bond acceptors (Lipinski definition) is 4. The molecule has 162 valence electrons. The number of nitrogens with one attached hydrogen (secondary N) is 1. The minimum Gasteiger partial charge on any atom is -0.481 e. The van der Waals surface area contributed by atoms with Crippen LogP contribution >= 0.6 is 11.3 Å². The first-order valence-corrected chi connectivity index (χ1v) is 10.1. The summed E-state index contributed by atoms with van der Waals surface area (Å²) in [4.78, 5) is 23.1. The Hall–Kier alpha value is -3.33. The van der Waals surface area contributed by atoms with Crippen LogP contribution in [-0.2, 0) is 22.4 Å². The van der Waals surface area contributed by atoms with Gasteiger partial charge in [-0.1, -0.05) is 36.4 Å². The molecule has 0 bridgehead atoms. The monoisotopic (exact) mass is 449 g/mol. The predicted molar refractivity (Wildman–Crippen MR) is 111 cm³/mol. The van der Waals surface area contributed by atoms with Gasteiger partial charge in [-0.2, -0.15) is 0 Å². The number of carboxylic acid groups (broad SMARTS) is 1. The molecule has 0 spiro atoms. The molecule has 0 atom stereocenters. The molecule has 1 aromatic heterocycles. The molecule has 0 unspecified atom stereocenters. The second kappa shape index (κ2) is 9.65. The molecule has 3 aromatic rings. The molecule has 0 fully saturated rings. The highest BCUT2D eigenvalue weighted by Gasteiger charge is 2.30. The summed E-state index contributed by atoms with van der Waals surface area (Å²) in [5.74, 6) is -1.40. The van der Waals surface area contributed by atoms with Gasteiger partial charge in [0.15, 0.2) is 0 Å². The number of benzene rings is 2. The summed E-state index contributed by atoms with van der Waals surface area (Å²) >= 11 is 1.30. The van der Waals surface area contributed by atoms with Crippen LogP contribution in [0.2, 0.25) is 0 Å². The van der Waals surface area contributed by atoms with Crippen LogP contribution in [0.3, 0.4) is 0 Å². The van der Waals surface area contributed by atoms with Crippen LogP contribution in [0.5, 0.6) is 5.75 Å². The Morgan fingerprint density at radius 1 is 1.00 bits per heavy atom. The highest BCUT2D eigenvalue weighted by Crippen LogP contribution is 2.31. The van der Waals surface area contributed by atoms with Gasteiger partial charge in [-0.05, 0) is 46.9 Å². The van der Waals surface area contributed by atoms with Crippen LogP contribution in [0, 0.1) is 0 Å². The van der Waals surface area contributed by atoms with Gasteiger partial charge in [-0.25, -0.2) is 0 Å². The number of hydrogen-bond donors (Lipinski definition) is 2. The normalized spacial score (nSPS) is 11.2. The molecule has 9 heteroatoms. The number of thiophene rings is 1. The molecule has 0 radical (unpaired) electrons. The maximum atomic E-state index is 12.4. The minimum absolute atomic E-state index is 0.0247. The van der Waals surface area contributed by atoms with Crippen molar-refractivity contribution in [2.75, 3.05) is 5.32 Å². The summed E-state index contributed by atoms with van der Waals surface area (Å²) in [5.41, 5.74) is 3.08. The molecule has 0 saturated heterocycles. The van der Waals surface area contributed by atoms with E-state index in [-0.39, 0.29) is 24.5 Å². The van der Waals surface area contributed by atoms with Gasteiger partial charge in [-0.3, -0.25) is 9.59 Å². The number of amides is 1. The molecule has 5 nitrogen and oxygen atoms in total. The van der Waals surface area contributed by atoms with Crippen LogP contribution in [0.1, 0.15) is 17.5 Å². The van der Waals surface area contributed by atoms with E-state index in [1.165, 1.54) is 35.6 Å². The molecule has 3 rings (SSSR count). The Balaban J connectivity index is 1.59. The predicted octanol–water partition coefficient (Wildman–Crippen LogP) is 5.51. The van der Waals surface area contributed by atoms with Crippen molar-refractivity contribution in [1.82, 2.24) is 0 Å². The van der Waals surface area contributed by atoms with E-state index in [0.717, 1.165) is 16.7 Å². The molecule has 1 heterocycles. The second-order valence-corrected chi connectivity index (χ2v) is 7.62. The van der Waals surface area contributed by atoms with Crippen molar-refractivity contribution in [2.24, 2.45) is 0 Å². The largest absolute Gasteiger partial charge is 0.573 e. The minimum atomic E-state index is -4.74. The van der Waals surface area contributed by atoms with Gasteiger partial charge in [-0.15, -0.1) is 24.5 Å². The zero-order valence-electron chi connectivity index (χ0n) is 16.1. The summed E-state index contributed by atoms with van der Waals surface area (Å²) in [5, 5.41) is 14.0. The molecule has 31 heavy (non-hydrogen) atoms. The third-order valence-corrected chi connectivity index (χ3v) is 5.11. The highest BCUT2D eigenvalue weighted by atomic mass is 32.1. The van der Waals surface area contributed by atoms with E-state index >= 15 is 0 Å². The number of halogens is 3. The maximum Gasteiger partial charge on any atom is 0.573 e. The lowest BCUT2D eigenvalue weighted by Gasteiger charge is -2.08. The van der Waals surface area contributed by atoms with Crippen molar-refractivity contribution in [3.8, 4) is 16.9 Å². The number of ether oxygens (including phenoxy) is 1. The first kappa shape index (κ1) is 22.4. The lowest BCUT2D eigenvalue weighted by Crippen LogP contribution is -2.16. The lowest BCUT2D eigenvalue weighted by molar-refractivity contribution is -0.274. The highest BCUT2D eigenvalue weighted by molar-refractivity contribution is 7.14. The topological polar surface area (TPSA) is 75.6 Å². The molecule has 0 aliphatic rings. The number of carboxylic acids is 1. The summed E-state index contributed by atoms with van der Waals surface area (Å²) in [7, 11) is 0. The smallest absolute Gasteiger partial charge is 0.481 e. The molecular weight excluding hydrogens is 431 g/mol. The molecule has 2 N–H and O–H groups in total. The number of carbonyl (C=O) groups is 2. The van der Waals surface area contributed by atoms with E-state index in [0.29, 0.717) is 17.0 Å². The summed E-state index contributed by atoms with van der Waals surface area (Å²) < 4.78 is 40.6. The number of alkyl halides is 3. The van der Waals surface area contributed by atoms with Gasteiger partial charge in [0.2, 0.25) is 5.91 Å². The molecule has 1 amide bonds.